The summed E-state index contributed by atoms with van der Waals surface area (Å²) in [5.74, 6) is -0.279. The predicted molar refractivity (Wildman–Crippen MR) is 102 cm³/mol. The lowest BCUT2D eigenvalue weighted by atomic mass is 10.1. The van der Waals surface area contributed by atoms with E-state index in [-0.39, 0.29) is 25.5 Å². The molecule has 0 aliphatic carbocycles. The van der Waals surface area contributed by atoms with E-state index < -0.39 is 20.0 Å². The van der Waals surface area contributed by atoms with Crippen molar-refractivity contribution < 1.29 is 32.9 Å². The average molecular weight is 395 g/mol. The molecule has 9 heteroatoms. The molecule has 0 aliphatic heterocycles. The van der Waals surface area contributed by atoms with E-state index in [0.29, 0.717) is 11.0 Å². The summed E-state index contributed by atoms with van der Waals surface area (Å²) < 4.78 is 22.5. The number of phosphoric ester groups is 1. The molecule has 0 heterocycles. The SMILES string of the molecule is CCCC/C=C/C(O)C(COP(=O)(O)OCC[N+](C)(C)C)NC(=O)CC. The van der Waals surface area contributed by atoms with Crippen LogP contribution in [0.5, 0.6) is 0 Å². The van der Waals surface area contributed by atoms with Crippen LogP contribution in [-0.2, 0) is 18.4 Å². The van der Waals surface area contributed by atoms with Gasteiger partial charge in [-0.1, -0.05) is 38.8 Å². The van der Waals surface area contributed by atoms with Crippen LogP contribution in [0.2, 0.25) is 0 Å². The lowest BCUT2D eigenvalue weighted by Gasteiger charge is -2.25. The maximum Gasteiger partial charge on any atom is 0.472 e. The van der Waals surface area contributed by atoms with Gasteiger partial charge in [0.05, 0.1) is 39.9 Å². The Morgan fingerprint density at radius 2 is 1.92 bits per heavy atom. The number of hydrogen-bond acceptors (Lipinski definition) is 5. The molecule has 0 bridgehead atoms. The Balaban J connectivity index is 4.67. The van der Waals surface area contributed by atoms with Gasteiger partial charge < -0.3 is 19.8 Å². The van der Waals surface area contributed by atoms with Gasteiger partial charge in [-0.15, -0.1) is 0 Å². The van der Waals surface area contributed by atoms with Gasteiger partial charge in [0.1, 0.15) is 13.2 Å². The number of hydrogen-bond donors (Lipinski definition) is 3. The Kier molecular flexibility index (Phi) is 12.2. The standard InChI is InChI=1S/C17H35N2O6P/c1-6-8-9-10-11-16(20)15(18-17(21)7-2)14-25-26(22,23)24-13-12-19(3,4)5/h10-11,15-16,20H,6-9,12-14H2,1-5H3,(H-,18,21,22,23)/p+1/b11-10+. The van der Waals surface area contributed by atoms with Crippen LogP contribution in [0, 0.1) is 0 Å². The van der Waals surface area contributed by atoms with Crippen molar-refractivity contribution in [2.45, 2.75) is 51.7 Å². The molecule has 0 aromatic carbocycles. The maximum atomic E-state index is 12.0. The number of quaternary nitrogens is 1. The summed E-state index contributed by atoms with van der Waals surface area (Å²) >= 11 is 0. The van der Waals surface area contributed by atoms with Crippen LogP contribution < -0.4 is 5.32 Å². The fourth-order valence-corrected chi connectivity index (χ4v) is 2.60. The van der Waals surface area contributed by atoms with Crippen molar-refractivity contribution in [2.75, 3.05) is 40.9 Å². The first-order valence-corrected chi connectivity index (χ1v) is 10.6. The molecule has 0 spiro atoms. The molecule has 0 saturated heterocycles. The van der Waals surface area contributed by atoms with Gasteiger partial charge >= 0.3 is 7.82 Å². The molecule has 0 rings (SSSR count). The third kappa shape index (κ3) is 13.4. The summed E-state index contributed by atoms with van der Waals surface area (Å²) in [4.78, 5) is 21.4. The smallest absolute Gasteiger partial charge is 0.387 e. The van der Waals surface area contributed by atoms with E-state index in [1.165, 1.54) is 0 Å². The van der Waals surface area contributed by atoms with Gasteiger partial charge in [0, 0.05) is 6.42 Å². The highest BCUT2D eigenvalue weighted by Gasteiger charge is 2.27. The van der Waals surface area contributed by atoms with E-state index in [1.54, 1.807) is 13.0 Å². The van der Waals surface area contributed by atoms with Crippen molar-refractivity contribution in [3.63, 3.8) is 0 Å². The molecule has 154 valence electrons. The van der Waals surface area contributed by atoms with Crippen LogP contribution in [0.15, 0.2) is 12.2 Å². The molecule has 3 atom stereocenters. The molecule has 26 heavy (non-hydrogen) atoms. The van der Waals surface area contributed by atoms with Crippen LogP contribution in [0.4, 0.5) is 0 Å². The second-order valence-corrected chi connectivity index (χ2v) is 8.65. The lowest BCUT2D eigenvalue weighted by Crippen LogP contribution is -2.45. The quantitative estimate of drug-likeness (QED) is 0.179. The molecule has 0 aliphatic rings. The van der Waals surface area contributed by atoms with Gasteiger partial charge in [-0.3, -0.25) is 13.8 Å². The molecule has 3 unspecified atom stereocenters. The number of phosphoric acid groups is 1. The van der Waals surface area contributed by atoms with Crippen molar-refractivity contribution in [1.82, 2.24) is 5.32 Å². The number of allylic oxidation sites excluding steroid dienone is 1. The first kappa shape index (κ1) is 25.2. The molecule has 0 aromatic heterocycles. The predicted octanol–water partition coefficient (Wildman–Crippen LogP) is 1.83. The number of unbranched alkanes of at least 4 members (excludes halogenated alkanes) is 2. The normalized spacial score (nSPS) is 17.0. The van der Waals surface area contributed by atoms with E-state index in [9.17, 15) is 19.4 Å². The minimum atomic E-state index is -4.26. The minimum Gasteiger partial charge on any atom is -0.387 e. The van der Waals surface area contributed by atoms with Gasteiger partial charge in [0.2, 0.25) is 5.91 Å². The van der Waals surface area contributed by atoms with Gasteiger partial charge in [-0.2, -0.15) is 0 Å². The summed E-state index contributed by atoms with van der Waals surface area (Å²) in [6.07, 6.45) is 5.47. The molecule has 3 N–H and O–H groups in total. The fraction of sp³-hybridized carbons (Fsp3) is 0.824. The number of nitrogens with zero attached hydrogens (tertiary/aromatic N) is 1. The Bertz CT molecular complexity index is 478. The topological polar surface area (TPSA) is 105 Å². The number of amides is 1. The fourth-order valence-electron chi connectivity index (χ4n) is 1.87. The molecule has 0 aromatic rings. The molecular formula is C17H36N2O6P+. The van der Waals surface area contributed by atoms with Crippen LogP contribution in [0.25, 0.3) is 0 Å². The summed E-state index contributed by atoms with van der Waals surface area (Å²) in [7, 11) is 1.55. The zero-order valence-corrected chi connectivity index (χ0v) is 17.6. The summed E-state index contributed by atoms with van der Waals surface area (Å²) in [5.41, 5.74) is 0. The van der Waals surface area contributed by atoms with Gasteiger partial charge in [0.25, 0.3) is 0 Å². The van der Waals surface area contributed by atoms with Crippen molar-refractivity contribution in [3.8, 4) is 0 Å². The van der Waals surface area contributed by atoms with Gasteiger partial charge in [-0.25, -0.2) is 4.57 Å². The number of carbonyl (C=O) groups excluding carboxylic acids is 1. The molecule has 1 amide bonds. The monoisotopic (exact) mass is 395 g/mol. The zero-order valence-electron chi connectivity index (χ0n) is 16.7. The summed E-state index contributed by atoms with van der Waals surface area (Å²) in [6, 6.07) is -0.831. The third-order valence-corrected chi connectivity index (χ3v) is 4.56. The molecule has 0 saturated carbocycles. The number of rotatable bonds is 14. The van der Waals surface area contributed by atoms with Gasteiger partial charge in [-0.05, 0) is 6.42 Å². The van der Waals surface area contributed by atoms with E-state index in [1.807, 2.05) is 27.2 Å². The molecule has 8 nitrogen and oxygen atoms in total. The number of carbonyl (C=O) groups is 1. The first-order chi connectivity index (χ1) is 12.0. The van der Waals surface area contributed by atoms with Crippen molar-refractivity contribution in [1.29, 1.82) is 0 Å². The highest BCUT2D eigenvalue weighted by molar-refractivity contribution is 7.47. The first-order valence-electron chi connectivity index (χ1n) is 9.07. The second kappa shape index (κ2) is 12.6. The third-order valence-electron chi connectivity index (χ3n) is 3.57. The van der Waals surface area contributed by atoms with Crippen molar-refractivity contribution >= 4 is 13.7 Å². The molecule has 0 radical (unpaired) electrons. The van der Waals surface area contributed by atoms with Gasteiger partial charge in [0.15, 0.2) is 0 Å². The number of likely N-dealkylation sites (N-methyl/N-ethyl adjacent to an activating group) is 1. The largest absolute Gasteiger partial charge is 0.472 e. The van der Waals surface area contributed by atoms with Crippen LogP contribution in [0.3, 0.4) is 0 Å². The van der Waals surface area contributed by atoms with Crippen molar-refractivity contribution in [2.24, 2.45) is 0 Å². The van der Waals surface area contributed by atoms with Crippen LogP contribution in [0.1, 0.15) is 39.5 Å². The second-order valence-electron chi connectivity index (χ2n) is 7.20. The number of nitrogens with one attached hydrogen (secondary N) is 1. The summed E-state index contributed by atoms with van der Waals surface area (Å²) in [5, 5.41) is 12.8. The molecule has 0 fully saturated rings. The molecular weight excluding hydrogens is 359 g/mol. The Morgan fingerprint density at radius 3 is 2.46 bits per heavy atom. The lowest BCUT2D eigenvalue weighted by molar-refractivity contribution is -0.870. The Morgan fingerprint density at radius 1 is 1.27 bits per heavy atom. The number of aliphatic hydroxyl groups is 1. The number of aliphatic hydroxyl groups excluding tert-OH is 1. The van der Waals surface area contributed by atoms with Crippen LogP contribution in [-0.4, -0.2) is 73.4 Å². The highest BCUT2D eigenvalue weighted by Crippen LogP contribution is 2.43. The van der Waals surface area contributed by atoms with E-state index in [4.69, 9.17) is 9.05 Å². The van der Waals surface area contributed by atoms with E-state index in [2.05, 4.69) is 12.2 Å². The Labute approximate surface area is 157 Å². The van der Waals surface area contributed by atoms with Crippen molar-refractivity contribution in [3.05, 3.63) is 12.2 Å². The van der Waals surface area contributed by atoms with E-state index >= 15 is 0 Å². The highest BCUT2D eigenvalue weighted by atomic mass is 31.2. The minimum absolute atomic E-state index is 0.0583. The summed E-state index contributed by atoms with van der Waals surface area (Å²) in [6.45, 7) is 4.01. The van der Waals surface area contributed by atoms with Crippen LogP contribution >= 0.6 is 7.82 Å². The average Bonchev–Trinajstić information content (AvgIpc) is 2.53. The zero-order chi connectivity index (χ0) is 20.2. The maximum absolute atomic E-state index is 12.0. The Hall–Kier alpha value is -0.760. The van der Waals surface area contributed by atoms with E-state index in [0.717, 1.165) is 19.3 Å².